The molecule has 0 saturated heterocycles. The highest BCUT2D eigenvalue weighted by molar-refractivity contribution is 5.77. The summed E-state index contributed by atoms with van der Waals surface area (Å²) in [5.41, 5.74) is 10.8. The lowest BCUT2D eigenvalue weighted by Gasteiger charge is -2.13. The fourth-order valence-electron chi connectivity index (χ4n) is 2.24. The molecule has 0 aliphatic heterocycles. The minimum atomic E-state index is 0.454. The van der Waals surface area contributed by atoms with Gasteiger partial charge in [-0.05, 0) is 42.8 Å². The third kappa shape index (κ3) is 1.97. The van der Waals surface area contributed by atoms with E-state index in [-0.39, 0.29) is 0 Å². The largest absolute Gasteiger partial charge is 0.378 e. The van der Waals surface area contributed by atoms with Crippen molar-refractivity contribution in [2.75, 3.05) is 24.7 Å². The highest BCUT2D eigenvalue weighted by Gasteiger charge is 2.11. The van der Waals surface area contributed by atoms with Gasteiger partial charge in [0.1, 0.15) is 5.52 Å². The third-order valence-electron chi connectivity index (χ3n) is 3.28. The number of hydrogen-bond acceptors (Lipinski definition) is 4. The first-order chi connectivity index (χ1) is 9.56. The van der Waals surface area contributed by atoms with Crippen LogP contribution >= 0.6 is 0 Å². The Kier molecular flexibility index (Phi) is 2.82. The quantitative estimate of drug-likeness (QED) is 0.774. The summed E-state index contributed by atoms with van der Waals surface area (Å²) < 4.78 is 1.87. The van der Waals surface area contributed by atoms with E-state index in [0.717, 1.165) is 28.1 Å². The van der Waals surface area contributed by atoms with E-state index in [1.165, 1.54) is 0 Å². The van der Waals surface area contributed by atoms with Crippen molar-refractivity contribution in [3.05, 3.63) is 42.1 Å². The maximum Gasteiger partial charge on any atom is 0.207 e. The van der Waals surface area contributed by atoms with Gasteiger partial charge >= 0.3 is 0 Å². The molecule has 0 unspecified atom stereocenters. The standard InChI is InChI=1S/C15H17N5/c1-10-8-13-14(17-9-10)20(15(16)18-13)12-6-4-11(5-7-12)19(2)3/h4-9H,1-3H3,(H2,16,18). The zero-order valence-corrected chi connectivity index (χ0v) is 11.8. The molecule has 5 heteroatoms. The predicted octanol–water partition coefficient (Wildman–Crippen LogP) is 2.38. The van der Waals surface area contributed by atoms with Crippen LogP contribution in [-0.2, 0) is 0 Å². The smallest absolute Gasteiger partial charge is 0.207 e. The van der Waals surface area contributed by atoms with Crippen molar-refractivity contribution in [1.29, 1.82) is 0 Å². The van der Waals surface area contributed by atoms with Crippen molar-refractivity contribution in [2.45, 2.75) is 6.92 Å². The van der Waals surface area contributed by atoms with Crippen molar-refractivity contribution in [3.63, 3.8) is 0 Å². The van der Waals surface area contributed by atoms with Gasteiger partial charge in [-0.1, -0.05) is 0 Å². The van der Waals surface area contributed by atoms with E-state index < -0.39 is 0 Å². The van der Waals surface area contributed by atoms with Crippen molar-refractivity contribution in [1.82, 2.24) is 14.5 Å². The first kappa shape index (κ1) is 12.5. The second kappa shape index (κ2) is 4.52. The van der Waals surface area contributed by atoms with Crippen molar-refractivity contribution >= 4 is 22.8 Å². The number of pyridine rings is 1. The van der Waals surface area contributed by atoms with Gasteiger partial charge in [-0.25, -0.2) is 9.97 Å². The van der Waals surface area contributed by atoms with Crippen LogP contribution in [0.2, 0.25) is 0 Å². The Hall–Kier alpha value is -2.56. The third-order valence-corrected chi connectivity index (χ3v) is 3.28. The summed E-state index contributed by atoms with van der Waals surface area (Å²) in [4.78, 5) is 10.9. The maximum absolute atomic E-state index is 6.03. The normalized spacial score (nSPS) is 10.9. The number of aromatic nitrogens is 3. The molecule has 0 aliphatic carbocycles. The van der Waals surface area contributed by atoms with Crippen LogP contribution in [0.3, 0.4) is 0 Å². The highest BCUT2D eigenvalue weighted by atomic mass is 15.2. The van der Waals surface area contributed by atoms with Gasteiger partial charge in [0.15, 0.2) is 5.65 Å². The van der Waals surface area contributed by atoms with Gasteiger partial charge in [-0.3, -0.25) is 4.57 Å². The van der Waals surface area contributed by atoms with E-state index in [2.05, 4.69) is 27.0 Å². The number of fused-ring (bicyclic) bond motifs is 1. The minimum absolute atomic E-state index is 0.454. The summed E-state index contributed by atoms with van der Waals surface area (Å²) in [5.74, 6) is 0.454. The van der Waals surface area contributed by atoms with Gasteiger partial charge in [0, 0.05) is 26.0 Å². The predicted molar refractivity (Wildman–Crippen MR) is 82.3 cm³/mol. The summed E-state index contributed by atoms with van der Waals surface area (Å²) in [6.45, 7) is 1.99. The SMILES string of the molecule is Cc1cnc2c(c1)nc(N)n2-c1ccc(N(C)C)cc1. The lowest BCUT2D eigenvalue weighted by atomic mass is 10.2. The van der Waals surface area contributed by atoms with E-state index in [0.29, 0.717) is 5.95 Å². The molecule has 0 bridgehead atoms. The number of rotatable bonds is 2. The average molecular weight is 267 g/mol. The summed E-state index contributed by atoms with van der Waals surface area (Å²) >= 11 is 0. The van der Waals surface area contributed by atoms with Crippen molar-refractivity contribution in [3.8, 4) is 5.69 Å². The van der Waals surface area contributed by atoms with Crippen LogP contribution in [0.15, 0.2) is 36.5 Å². The van der Waals surface area contributed by atoms with Gasteiger partial charge in [0.2, 0.25) is 5.95 Å². The molecule has 0 saturated carbocycles. The minimum Gasteiger partial charge on any atom is -0.378 e. The fraction of sp³-hybridized carbons (Fsp3) is 0.200. The van der Waals surface area contributed by atoms with Gasteiger partial charge in [0.25, 0.3) is 0 Å². The van der Waals surface area contributed by atoms with E-state index in [1.807, 2.05) is 50.0 Å². The molecule has 5 nitrogen and oxygen atoms in total. The fourth-order valence-corrected chi connectivity index (χ4v) is 2.24. The molecule has 3 rings (SSSR count). The molecule has 0 fully saturated rings. The molecule has 2 heterocycles. The van der Waals surface area contributed by atoms with Crippen LogP contribution < -0.4 is 10.6 Å². The lowest BCUT2D eigenvalue weighted by Crippen LogP contribution is -2.08. The van der Waals surface area contributed by atoms with Crippen LogP contribution in [-0.4, -0.2) is 28.6 Å². The molecule has 1 aromatic carbocycles. The molecule has 20 heavy (non-hydrogen) atoms. The second-order valence-electron chi connectivity index (χ2n) is 5.07. The number of anilines is 2. The van der Waals surface area contributed by atoms with Crippen LogP contribution in [0.4, 0.5) is 11.6 Å². The number of nitrogens with two attached hydrogens (primary N) is 1. The zero-order valence-electron chi connectivity index (χ0n) is 11.8. The summed E-state index contributed by atoms with van der Waals surface area (Å²) in [6.07, 6.45) is 1.83. The first-order valence-corrected chi connectivity index (χ1v) is 6.44. The Bertz CT molecular complexity index is 756. The Balaban J connectivity index is 2.16. The molecule has 0 spiro atoms. The number of aryl methyl sites for hydroxylation is 1. The molecular formula is C15H17N5. The number of imidazole rings is 1. The van der Waals surface area contributed by atoms with E-state index in [1.54, 1.807) is 0 Å². The molecule has 0 amide bonds. The number of hydrogen-bond donors (Lipinski definition) is 1. The van der Waals surface area contributed by atoms with Crippen LogP contribution in [0.25, 0.3) is 16.9 Å². The summed E-state index contributed by atoms with van der Waals surface area (Å²) in [5, 5.41) is 0. The first-order valence-electron chi connectivity index (χ1n) is 6.44. The topological polar surface area (TPSA) is 60.0 Å². The molecule has 0 radical (unpaired) electrons. The lowest BCUT2D eigenvalue weighted by molar-refractivity contribution is 1.07. The van der Waals surface area contributed by atoms with Gasteiger partial charge in [-0.2, -0.15) is 0 Å². The molecule has 2 N–H and O–H groups in total. The Morgan fingerprint density at radius 3 is 2.50 bits per heavy atom. The summed E-state index contributed by atoms with van der Waals surface area (Å²) in [6, 6.07) is 10.1. The monoisotopic (exact) mass is 267 g/mol. The second-order valence-corrected chi connectivity index (χ2v) is 5.07. The van der Waals surface area contributed by atoms with Gasteiger partial charge in [-0.15, -0.1) is 0 Å². The Labute approximate surface area is 117 Å². The van der Waals surface area contributed by atoms with Gasteiger partial charge < -0.3 is 10.6 Å². The van der Waals surface area contributed by atoms with Crippen LogP contribution in [0.1, 0.15) is 5.56 Å². The number of nitrogens with zero attached hydrogens (tertiary/aromatic N) is 4. The van der Waals surface area contributed by atoms with Crippen molar-refractivity contribution < 1.29 is 0 Å². The van der Waals surface area contributed by atoms with Crippen molar-refractivity contribution in [2.24, 2.45) is 0 Å². The maximum atomic E-state index is 6.03. The van der Waals surface area contributed by atoms with Crippen LogP contribution in [0.5, 0.6) is 0 Å². The molecule has 102 valence electrons. The summed E-state index contributed by atoms with van der Waals surface area (Å²) in [7, 11) is 4.03. The molecule has 3 aromatic rings. The van der Waals surface area contributed by atoms with E-state index in [9.17, 15) is 0 Å². The molecule has 0 aliphatic rings. The number of benzene rings is 1. The van der Waals surface area contributed by atoms with Gasteiger partial charge in [0.05, 0.1) is 5.69 Å². The molecule has 0 atom stereocenters. The Morgan fingerprint density at radius 2 is 1.85 bits per heavy atom. The van der Waals surface area contributed by atoms with Crippen LogP contribution in [0, 0.1) is 6.92 Å². The molecule has 2 aromatic heterocycles. The van der Waals surface area contributed by atoms with E-state index in [4.69, 9.17) is 5.73 Å². The Morgan fingerprint density at radius 1 is 1.15 bits per heavy atom. The zero-order chi connectivity index (χ0) is 14.3. The highest BCUT2D eigenvalue weighted by Crippen LogP contribution is 2.23. The van der Waals surface area contributed by atoms with E-state index >= 15 is 0 Å². The average Bonchev–Trinajstić information content (AvgIpc) is 2.73. The number of nitrogen functional groups attached to an aromatic ring is 1. The molecular weight excluding hydrogens is 250 g/mol.